The van der Waals surface area contributed by atoms with Crippen molar-refractivity contribution < 1.29 is 0 Å². The minimum absolute atomic E-state index is 0.869. The maximum atomic E-state index is 4.18. The van der Waals surface area contributed by atoms with Crippen molar-refractivity contribution in [3.05, 3.63) is 48.3 Å². The van der Waals surface area contributed by atoms with Gasteiger partial charge in [-0.05, 0) is 5.56 Å². The molecule has 1 aromatic heterocycles. The summed E-state index contributed by atoms with van der Waals surface area (Å²) in [5.74, 6) is 0.897. The summed E-state index contributed by atoms with van der Waals surface area (Å²) < 4.78 is 0. The third-order valence-electron chi connectivity index (χ3n) is 2.11. The van der Waals surface area contributed by atoms with Gasteiger partial charge in [-0.3, -0.25) is 0 Å². The predicted molar refractivity (Wildman–Crippen MR) is 57.1 cm³/mol. The zero-order valence-electron chi connectivity index (χ0n) is 8.14. The first-order valence-corrected chi connectivity index (χ1v) is 4.61. The highest BCUT2D eigenvalue weighted by atomic mass is 15.2. The van der Waals surface area contributed by atoms with Gasteiger partial charge in [0.05, 0.1) is 0 Å². The quantitative estimate of drug-likeness (QED) is 0.797. The number of hydrogen-bond donors (Lipinski definition) is 1. The largest absolute Gasteiger partial charge is 0.341 e. The number of H-pyrrole nitrogens is 1. The molecule has 14 heavy (non-hydrogen) atoms. The first kappa shape index (κ1) is 8.81. The van der Waals surface area contributed by atoms with Crippen LogP contribution in [0.25, 0.3) is 0 Å². The van der Waals surface area contributed by atoms with E-state index in [4.69, 9.17) is 0 Å². The maximum absolute atomic E-state index is 4.18. The van der Waals surface area contributed by atoms with Crippen molar-refractivity contribution in [1.29, 1.82) is 0 Å². The molecule has 0 spiro atoms. The molecule has 1 aromatic carbocycles. The number of nitrogens with zero attached hydrogens (tertiary/aromatic N) is 2. The van der Waals surface area contributed by atoms with E-state index in [-0.39, 0.29) is 0 Å². The number of aromatic nitrogens is 2. The predicted octanol–water partition coefficient (Wildman–Crippen LogP) is 2.05. The van der Waals surface area contributed by atoms with Crippen LogP contribution in [0.15, 0.2) is 42.7 Å². The summed E-state index contributed by atoms with van der Waals surface area (Å²) in [6, 6.07) is 10.3. The van der Waals surface area contributed by atoms with Crippen LogP contribution in [0.2, 0.25) is 0 Å². The van der Waals surface area contributed by atoms with Crippen molar-refractivity contribution >= 4 is 5.95 Å². The molecule has 0 aliphatic carbocycles. The summed E-state index contributed by atoms with van der Waals surface area (Å²) in [7, 11) is 2.02. The van der Waals surface area contributed by atoms with Gasteiger partial charge in [0.25, 0.3) is 0 Å². The number of anilines is 1. The molecule has 2 rings (SSSR count). The fourth-order valence-electron chi connectivity index (χ4n) is 1.40. The van der Waals surface area contributed by atoms with E-state index in [9.17, 15) is 0 Å². The van der Waals surface area contributed by atoms with Crippen molar-refractivity contribution in [2.75, 3.05) is 11.9 Å². The van der Waals surface area contributed by atoms with Gasteiger partial charge in [0, 0.05) is 26.0 Å². The number of benzene rings is 1. The number of nitrogens with one attached hydrogen (secondary N) is 1. The van der Waals surface area contributed by atoms with E-state index in [0.29, 0.717) is 0 Å². The maximum Gasteiger partial charge on any atom is 0.202 e. The molecular formula is C11H13N3. The van der Waals surface area contributed by atoms with Crippen LogP contribution in [-0.4, -0.2) is 17.0 Å². The summed E-state index contributed by atoms with van der Waals surface area (Å²) in [6.07, 6.45) is 3.59. The third-order valence-corrected chi connectivity index (χ3v) is 2.11. The molecule has 0 radical (unpaired) electrons. The molecule has 0 aliphatic heterocycles. The second-order valence-electron chi connectivity index (χ2n) is 3.25. The molecule has 0 bridgehead atoms. The Bertz CT molecular complexity index is 367. The Hall–Kier alpha value is -1.77. The molecule has 0 aliphatic rings. The van der Waals surface area contributed by atoms with Gasteiger partial charge < -0.3 is 9.88 Å². The second kappa shape index (κ2) is 3.96. The van der Waals surface area contributed by atoms with Gasteiger partial charge in [-0.25, -0.2) is 4.98 Å². The van der Waals surface area contributed by atoms with Crippen LogP contribution in [0.1, 0.15) is 5.56 Å². The highest BCUT2D eigenvalue weighted by Gasteiger charge is 2.02. The molecule has 0 saturated carbocycles. The number of imidazole rings is 1. The van der Waals surface area contributed by atoms with Gasteiger partial charge in [-0.15, -0.1) is 0 Å². The molecular weight excluding hydrogens is 174 g/mol. The van der Waals surface area contributed by atoms with E-state index in [1.165, 1.54) is 5.56 Å². The number of aromatic amines is 1. The molecule has 0 amide bonds. The van der Waals surface area contributed by atoms with Gasteiger partial charge in [0.1, 0.15) is 0 Å². The zero-order chi connectivity index (χ0) is 9.80. The lowest BCUT2D eigenvalue weighted by Gasteiger charge is -2.15. The Kier molecular flexibility index (Phi) is 2.49. The first-order valence-electron chi connectivity index (χ1n) is 4.61. The minimum atomic E-state index is 0.869. The fourth-order valence-corrected chi connectivity index (χ4v) is 1.40. The summed E-state index contributed by atoms with van der Waals surface area (Å²) >= 11 is 0. The topological polar surface area (TPSA) is 31.9 Å². The third kappa shape index (κ3) is 1.93. The second-order valence-corrected chi connectivity index (χ2v) is 3.25. The van der Waals surface area contributed by atoms with Gasteiger partial charge in [-0.2, -0.15) is 0 Å². The number of rotatable bonds is 3. The highest BCUT2D eigenvalue weighted by Crippen LogP contribution is 2.08. The van der Waals surface area contributed by atoms with Crippen molar-refractivity contribution in [2.24, 2.45) is 0 Å². The van der Waals surface area contributed by atoms with E-state index in [1.807, 2.05) is 31.4 Å². The molecule has 0 unspecified atom stereocenters. The lowest BCUT2D eigenvalue weighted by Crippen LogP contribution is -2.17. The molecule has 1 heterocycles. The van der Waals surface area contributed by atoms with Crippen LogP contribution in [0.3, 0.4) is 0 Å². The van der Waals surface area contributed by atoms with Crippen molar-refractivity contribution in [1.82, 2.24) is 9.97 Å². The first-order chi connectivity index (χ1) is 6.86. The van der Waals surface area contributed by atoms with Gasteiger partial charge in [0.2, 0.25) is 5.95 Å². The van der Waals surface area contributed by atoms with E-state index in [1.54, 1.807) is 6.20 Å². The molecule has 72 valence electrons. The standard InChI is InChI=1S/C11H13N3/c1-14(11-12-7-8-13-11)9-10-5-3-2-4-6-10/h2-8H,9H2,1H3,(H,12,13). The number of hydrogen-bond acceptors (Lipinski definition) is 2. The van der Waals surface area contributed by atoms with E-state index in [2.05, 4.69) is 27.0 Å². The Morgan fingerprint density at radius 1 is 1.29 bits per heavy atom. The molecule has 0 atom stereocenters. The summed E-state index contributed by atoms with van der Waals surface area (Å²) in [4.78, 5) is 9.33. The average Bonchev–Trinajstić information content (AvgIpc) is 2.72. The lowest BCUT2D eigenvalue weighted by atomic mass is 10.2. The van der Waals surface area contributed by atoms with Crippen LogP contribution >= 0.6 is 0 Å². The van der Waals surface area contributed by atoms with Crippen LogP contribution in [0.4, 0.5) is 5.95 Å². The molecule has 0 fully saturated rings. The lowest BCUT2D eigenvalue weighted by molar-refractivity contribution is 0.882. The van der Waals surface area contributed by atoms with E-state index >= 15 is 0 Å². The summed E-state index contributed by atoms with van der Waals surface area (Å²) in [5.41, 5.74) is 1.28. The molecule has 0 saturated heterocycles. The van der Waals surface area contributed by atoms with Crippen LogP contribution in [0, 0.1) is 0 Å². The van der Waals surface area contributed by atoms with Crippen LogP contribution in [-0.2, 0) is 6.54 Å². The Morgan fingerprint density at radius 2 is 2.07 bits per heavy atom. The normalized spacial score (nSPS) is 10.1. The van der Waals surface area contributed by atoms with Crippen molar-refractivity contribution in [3.8, 4) is 0 Å². The molecule has 1 N–H and O–H groups in total. The average molecular weight is 187 g/mol. The van der Waals surface area contributed by atoms with Gasteiger partial charge in [-0.1, -0.05) is 30.3 Å². The zero-order valence-corrected chi connectivity index (χ0v) is 8.14. The van der Waals surface area contributed by atoms with E-state index in [0.717, 1.165) is 12.5 Å². The Balaban J connectivity index is 2.06. The fraction of sp³-hybridized carbons (Fsp3) is 0.182. The highest BCUT2D eigenvalue weighted by molar-refractivity contribution is 5.30. The molecule has 3 nitrogen and oxygen atoms in total. The Morgan fingerprint density at radius 3 is 2.71 bits per heavy atom. The summed E-state index contributed by atoms with van der Waals surface area (Å²) in [6.45, 7) is 0.869. The smallest absolute Gasteiger partial charge is 0.202 e. The van der Waals surface area contributed by atoms with Crippen molar-refractivity contribution in [2.45, 2.75) is 6.54 Å². The van der Waals surface area contributed by atoms with Crippen LogP contribution in [0.5, 0.6) is 0 Å². The summed E-state index contributed by atoms with van der Waals surface area (Å²) in [5, 5.41) is 0. The van der Waals surface area contributed by atoms with Gasteiger partial charge in [0.15, 0.2) is 0 Å². The monoisotopic (exact) mass is 187 g/mol. The molecule has 2 aromatic rings. The van der Waals surface area contributed by atoms with Gasteiger partial charge >= 0.3 is 0 Å². The minimum Gasteiger partial charge on any atom is -0.341 e. The van der Waals surface area contributed by atoms with Crippen molar-refractivity contribution in [3.63, 3.8) is 0 Å². The van der Waals surface area contributed by atoms with Crippen LogP contribution < -0.4 is 4.90 Å². The van der Waals surface area contributed by atoms with E-state index < -0.39 is 0 Å². The molecule has 3 heteroatoms. The SMILES string of the molecule is CN(Cc1ccccc1)c1ncc[nH]1. The Labute approximate surface area is 83.4 Å².